The van der Waals surface area contributed by atoms with Gasteiger partial charge in [0, 0.05) is 24.6 Å². The smallest absolute Gasteiger partial charge is 0.168 e. The number of hydrogen-bond acceptors (Lipinski definition) is 4. The van der Waals surface area contributed by atoms with Crippen LogP contribution in [-0.4, -0.2) is 21.3 Å². The molecule has 1 atom stereocenters. The van der Waals surface area contributed by atoms with E-state index >= 15 is 0 Å². The van der Waals surface area contributed by atoms with E-state index in [-0.39, 0.29) is 11.7 Å². The first-order valence-electron chi connectivity index (χ1n) is 8.85. The van der Waals surface area contributed by atoms with E-state index in [1.165, 1.54) is 0 Å². The summed E-state index contributed by atoms with van der Waals surface area (Å²) in [6.07, 6.45) is 10.5. The molecule has 1 aromatic rings. The van der Waals surface area contributed by atoms with Gasteiger partial charge >= 0.3 is 0 Å². The van der Waals surface area contributed by atoms with Gasteiger partial charge < -0.3 is 0 Å². The van der Waals surface area contributed by atoms with Crippen LogP contribution in [0.5, 0.6) is 0 Å². The van der Waals surface area contributed by atoms with Gasteiger partial charge in [0.15, 0.2) is 5.82 Å². The molecule has 0 N–H and O–H groups in total. The molecule has 24 heavy (non-hydrogen) atoms. The molecule has 0 aliphatic heterocycles. The van der Waals surface area contributed by atoms with Crippen LogP contribution in [0.25, 0.3) is 0 Å². The summed E-state index contributed by atoms with van der Waals surface area (Å²) in [5.74, 6) is 1.00. The summed E-state index contributed by atoms with van der Waals surface area (Å²) in [4.78, 5) is 16.9. The van der Waals surface area contributed by atoms with Crippen LogP contribution < -0.4 is 0 Å². The molecule has 0 spiro atoms. The zero-order valence-electron chi connectivity index (χ0n) is 14.5. The molecule has 5 nitrogen and oxygen atoms in total. The van der Waals surface area contributed by atoms with Crippen molar-refractivity contribution in [2.24, 2.45) is 10.9 Å². The summed E-state index contributed by atoms with van der Waals surface area (Å²) in [6.45, 7) is 6.63. The zero-order chi connectivity index (χ0) is 17.4. The number of carbonyl (C=O) groups is 1. The Morgan fingerprint density at radius 2 is 2.38 bits per heavy atom. The first-order valence-corrected chi connectivity index (χ1v) is 8.85. The van der Waals surface area contributed by atoms with Gasteiger partial charge in [0.05, 0.1) is 6.20 Å². The van der Waals surface area contributed by atoms with Crippen molar-refractivity contribution in [3.8, 4) is 6.07 Å². The van der Waals surface area contributed by atoms with Gasteiger partial charge in [-0.3, -0.25) is 4.79 Å². The molecular weight excluding hydrogens is 300 g/mol. The Morgan fingerprint density at radius 3 is 3.04 bits per heavy atom. The monoisotopic (exact) mass is 326 g/mol. The average molecular weight is 326 g/mol. The number of aromatic nitrogens is 2. The van der Waals surface area contributed by atoms with Gasteiger partial charge in [-0.2, -0.15) is 10.4 Å². The molecule has 1 aliphatic carbocycles. The van der Waals surface area contributed by atoms with Crippen molar-refractivity contribution in [2.75, 3.05) is 0 Å². The molecule has 5 heteroatoms. The van der Waals surface area contributed by atoms with E-state index in [2.05, 4.69) is 29.7 Å². The molecule has 0 bridgehead atoms. The maximum Gasteiger partial charge on any atom is 0.168 e. The highest BCUT2D eigenvalue weighted by Crippen LogP contribution is 2.27. The molecule has 1 fully saturated rings. The highest BCUT2D eigenvalue weighted by atomic mass is 16.1. The maximum absolute atomic E-state index is 12.3. The zero-order valence-corrected chi connectivity index (χ0v) is 14.5. The lowest BCUT2D eigenvalue weighted by Crippen LogP contribution is -2.25. The first-order chi connectivity index (χ1) is 11.7. The third kappa shape index (κ3) is 4.64. The minimum Gasteiger partial charge on any atom is -0.299 e. The van der Waals surface area contributed by atoms with Crippen molar-refractivity contribution >= 4 is 17.3 Å². The summed E-state index contributed by atoms with van der Waals surface area (Å²) in [6, 6.07) is 2.16. The Balaban J connectivity index is 2.10. The van der Waals surface area contributed by atoms with Crippen LogP contribution in [0.4, 0.5) is 5.82 Å². The van der Waals surface area contributed by atoms with Crippen LogP contribution in [0.2, 0.25) is 0 Å². The standard InChI is InChI=1S/C19H26N4O/c1-3-5-7-11-23-19(16(13-20)14-21-23)22-17-10-9-15(8-6-4-2)18(24)12-17/h4,14-15H,2-3,5-12H2,1H3. The SMILES string of the molecule is C=CCCC1CCC(=Nc2c(C#N)cnn2CCCCC)CC1=O. The second-order valence-corrected chi connectivity index (χ2v) is 6.35. The Labute approximate surface area is 144 Å². The molecule has 1 aromatic heterocycles. The minimum absolute atomic E-state index is 0.131. The highest BCUT2D eigenvalue weighted by Gasteiger charge is 2.25. The molecule has 1 heterocycles. The number of nitrogens with zero attached hydrogens (tertiary/aromatic N) is 4. The van der Waals surface area contributed by atoms with E-state index in [9.17, 15) is 10.1 Å². The molecule has 128 valence electrons. The number of aliphatic imine (C=N–C) groups is 1. The van der Waals surface area contributed by atoms with Gasteiger partial charge in [-0.05, 0) is 32.1 Å². The number of hydrogen-bond donors (Lipinski definition) is 0. The molecule has 2 rings (SSSR count). The molecular formula is C19H26N4O. The van der Waals surface area contributed by atoms with Gasteiger partial charge in [0.1, 0.15) is 17.4 Å². The predicted octanol–water partition coefficient (Wildman–Crippen LogP) is 4.35. The molecule has 1 unspecified atom stereocenters. The normalized spacial score (nSPS) is 19.4. The van der Waals surface area contributed by atoms with Crippen molar-refractivity contribution in [2.45, 2.75) is 64.8 Å². The van der Waals surface area contributed by atoms with Gasteiger partial charge in [-0.1, -0.05) is 25.8 Å². The van der Waals surface area contributed by atoms with Gasteiger partial charge in [0.25, 0.3) is 0 Å². The Hall–Kier alpha value is -2.22. The molecule has 1 aliphatic rings. The molecule has 0 radical (unpaired) electrons. The second kappa shape index (κ2) is 9.17. The molecule has 0 aromatic carbocycles. The van der Waals surface area contributed by atoms with Gasteiger partial charge in [-0.15, -0.1) is 6.58 Å². The predicted molar refractivity (Wildman–Crippen MR) is 95.3 cm³/mol. The largest absolute Gasteiger partial charge is 0.299 e. The lowest BCUT2D eigenvalue weighted by molar-refractivity contribution is -0.122. The fourth-order valence-electron chi connectivity index (χ4n) is 3.06. The lowest BCUT2D eigenvalue weighted by Gasteiger charge is -2.21. The van der Waals surface area contributed by atoms with E-state index in [1.807, 2.05) is 6.08 Å². The van der Waals surface area contributed by atoms with E-state index < -0.39 is 0 Å². The Morgan fingerprint density at radius 1 is 1.54 bits per heavy atom. The van der Waals surface area contributed by atoms with Crippen molar-refractivity contribution in [1.29, 1.82) is 5.26 Å². The fraction of sp³-hybridized carbons (Fsp3) is 0.579. The van der Waals surface area contributed by atoms with E-state index in [0.717, 1.165) is 57.2 Å². The van der Waals surface area contributed by atoms with Crippen LogP contribution in [0, 0.1) is 17.2 Å². The Kier molecular flexibility index (Phi) is 6.92. The summed E-state index contributed by atoms with van der Waals surface area (Å²) in [5, 5.41) is 13.6. The van der Waals surface area contributed by atoms with Crippen LogP contribution in [0.3, 0.4) is 0 Å². The fourth-order valence-corrected chi connectivity index (χ4v) is 3.06. The number of Topliss-reactive ketones (excluding diaryl/α,β-unsaturated/α-hetero) is 1. The quantitative estimate of drug-likeness (QED) is 0.526. The van der Waals surface area contributed by atoms with E-state index in [1.54, 1.807) is 10.9 Å². The highest BCUT2D eigenvalue weighted by molar-refractivity contribution is 6.05. The molecule has 0 saturated heterocycles. The third-order valence-corrected chi connectivity index (χ3v) is 4.50. The van der Waals surface area contributed by atoms with Gasteiger partial charge in [-0.25, -0.2) is 9.67 Å². The summed E-state index contributed by atoms with van der Waals surface area (Å²) in [5.41, 5.74) is 1.36. The minimum atomic E-state index is 0.131. The number of unbranched alkanes of at least 4 members (excludes halogenated alkanes) is 2. The van der Waals surface area contributed by atoms with Crippen LogP contribution >= 0.6 is 0 Å². The second-order valence-electron chi connectivity index (χ2n) is 6.35. The Bertz CT molecular complexity index is 651. The topological polar surface area (TPSA) is 71.0 Å². The number of aryl methyl sites for hydroxylation is 1. The van der Waals surface area contributed by atoms with Gasteiger partial charge in [0.2, 0.25) is 0 Å². The number of nitriles is 1. The maximum atomic E-state index is 12.3. The average Bonchev–Trinajstić information content (AvgIpc) is 2.96. The van der Waals surface area contributed by atoms with Crippen molar-refractivity contribution in [3.05, 3.63) is 24.4 Å². The van der Waals surface area contributed by atoms with Crippen molar-refractivity contribution in [3.63, 3.8) is 0 Å². The van der Waals surface area contributed by atoms with E-state index in [0.29, 0.717) is 17.8 Å². The summed E-state index contributed by atoms with van der Waals surface area (Å²) < 4.78 is 1.80. The van der Waals surface area contributed by atoms with Crippen molar-refractivity contribution < 1.29 is 4.79 Å². The number of carbonyl (C=O) groups excluding carboxylic acids is 1. The van der Waals surface area contributed by atoms with Crippen LogP contribution in [-0.2, 0) is 11.3 Å². The summed E-state index contributed by atoms with van der Waals surface area (Å²) >= 11 is 0. The third-order valence-electron chi connectivity index (χ3n) is 4.50. The van der Waals surface area contributed by atoms with E-state index in [4.69, 9.17) is 0 Å². The first kappa shape index (κ1) is 18.1. The lowest BCUT2D eigenvalue weighted by atomic mass is 9.84. The van der Waals surface area contributed by atoms with Crippen LogP contribution in [0.15, 0.2) is 23.8 Å². The summed E-state index contributed by atoms with van der Waals surface area (Å²) in [7, 11) is 0. The number of rotatable bonds is 8. The number of ketones is 1. The molecule has 1 saturated carbocycles. The van der Waals surface area contributed by atoms with Crippen molar-refractivity contribution in [1.82, 2.24) is 9.78 Å². The molecule has 0 amide bonds. The van der Waals surface area contributed by atoms with Crippen LogP contribution in [0.1, 0.15) is 63.9 Å². The number of allylic oxidation sites excluding steroid dienone is 1.